The monoisotopic (exact) mass is 283 g/mol. The third kappa shape index (κ3) is 4.28. The van der Waals surface area contributed by atoms with Gasteiger partial charge in [0.05, 0.1) is 7.11 Å². The molecule has 2 aromatic carbocycles. The van der Waals surface area contributed by atoms with Gasteiger partial charge in [-0.2, -0.15) is 0 Å². The Morgan fingerprint density at radius 1 is 1.14 bits per heavy atom. The zero-order valence-corrected chi connectivity index (χ0v) is 12.6. The first-order valence-corrected chi connectivity index (χ1v) is 6.94. The fourth-order valence-electron chi connectivity index (χ4n) is 2.05. The van der Waals surface area contributed by atoms with Gasteiger partial charge in [0.2, 0.25) is 0 Å². The topological polar surface area (TPSA) is 30.5 Å². The number of rotatable bonds is 7. The molecule has 0 aliphatic heterocycles. The molecule has 0 saturated carbocycles. The summed E-state index contributed by atoms with van der Waals surface area (Å²) in [6.07, 6.45) is 1.71. The number of hydrogen-bond donors (Lipinski definition) is 1. The van der Waals surface area contributed by atoms with E-state index in [0.717, 1.165) is 29.3 Å². The van der Waals surface area contributed by atoms with Crippen LogP contribution in [0.15, 0.2) is 55.1 Å². The standard InChI is InChI=1S/C18H21NO2/c1-4-10-21-17-9-8-15(12-18(17)20-3)13-19-16-7-5-6-14(2)11-16/h4-9,11-12,19H,1,10,13H2,2-3H3. The van der Waals surface area contributed by atoms with Gasteiger partial charge in [-0.25, -0.2) is 0 Å². The highest BCUT2D eigenvalue weighted by molar-refractivity contribution is 5.48. The Balaban J connectivity index is 2.05. The molecule has 0 unspecified atom stereocenters. The van der Waals surface area contributed by atoms with E-state index in [2.05, 4.69) is 37.0 Å². The van der Waals surface area contributed by atoms with Crippen molar-refractivity contribution in [3.05, 3.63) is 66.2 Å². The van der Waals surface area contributed by atoms with Crippen LogP contribution in [0.4, 0.5) is 5.69 Å². The molecule has 21 heavy (non-hydrogen) atoms. The molecule has 0 heterocycles. The number of methoxy groups -OCH3 is 1. The van der Waals surface area contributed by atoms with Crippen LogP contribution in [0.1, 0.15) is 11.1 Å². The lowest BCUT2D eigenvalue weighted by atomic mass is 10.2. The van der Waals surface area contributed by atoms with Crippen molar-refractivity contribution in [3.63, 3.8) is 0 Å². The molecule has 3 nitrogen and oxygen atoms in total. The Labute approximate surface area is 126 Å². The number of aryl methyl sites for hydroxylation is 1. The number of ether oxygens (including phenoxy) is 2. The van der Waals surface area contributed by atoms with Crippen molar-refractivity contribution >= 4 is 5.69 Å². The first-order valence-electron chi connectivity index (χ1n) is 6.94. The fraction of sp³-hybridized carbons (Fsp3) is 0.222. The van der Waals surface area contributed by atoms with Crippen molar-refractivity contribution in [2.45, 2.75) is 13.5 Å². The lowest BCUT2D eigenvalue weighted by molar-refractivity contribution is 0.326. The van der Waals surface area contributed by atoms with Crippen molar-refractivity contribution in [2.24, 2.45) is 0 Å². The SMILES string of the molecule is C=CCOc1ccc(CNc2cccc(C)c2)cc1OC. The van der Waals surface area contributed by atoms with Crippen molar-refractivity contribution < 1.29 is 9.47 Å². The van der Waals surface area contributed by atoms with Crippen LogP contribution in [-0.2, 0) is 6.54 Å². The summed E-state index contributed by atoms with van der Waals surface area (Å²) in [5, 5.41) is 3.40. The maximum absolute atomic E-state index is 5.55. The minimum atomic E-state index is 0.469. The van der Waals surface area contributed by atoms with Gasteiger partial charge < -0.3 is 14.8 Å². The number of anilines is 1. The van der Waals surface area contributed by atoms with Crippen LogP contribution < -0.4 is 14.8 Å². The van der Waals surface area contributed by atoms with Crippen LogP contribution >= 0.6 is 0 Å². The van der Waals surface area contributed by atoms with E-state index in [9.17, 15) is 0 Å². The minimum absolute atomic E-state index is 0.469. The summed E-state index contributed by atoms with van der Waals surface area (Å²) >= 11 is 0. The zero-order chi connectivity index (χ0) is 15.1. The van der Waals surface area contributed by atoms with E-state index < -0.39 is 0 Å². The molecule has 0 aromatic heterocycles. The average Bonchev–Trinajstić information content (AvgIpc) is 2.51. The summed E-state index contributed by atoms with van der Waals surface area (Å²) in [7, 11) is 1.65. The van der Waals surface area contributed by atoms with Gasteiger partial charge in [-0.3, -0.25) is 0 Å². The fourth-order valence-corrected chi connectivity index (χ4v) is 2.05. The highest BCUT2D eigenvalue weighted by atomic mass is 16.5. The molecular formula is C18H21NO2. The van der Waals surface area contributed by atoms with E-state index in [1.807, 2.05) is 24.3 Å². The molecule has 0 spiro atoms. The molecule has 0 amide bonds. The van der Waals surface area contributed by atoms with Gasteiger partial charge in [0.25, 0.3) is 0 Å². The van der Waals surface area contributed by atoms with Crippen molar-refractivity contribution in [1.29, 1.82) is 0 Å². The summed E-state index contributed by atoms with van der Waals surface area (Å²) in [6.45, 7) is 6.93. The van der Waals surface area contributed by atoms with E-state index in [4.69, 9.17) is 9.47 Å². The average molecular weight is 283 g/mol. The van der Waals surface area contributed by atoms with Crippen LogP contribution in [-0.4, -0.2) is 13.7 Å². The maximum atomic E-state index is 5.55. The molecule has 0 saturated heterocycles. The number of nitrogens with one attached hydrogen (secondary N) is 1. The third-order valence-electron chi connectivity index (χ3n) is 3.10. The molecule has 0 aliphatic rings. The third-order valence-corrected chi connectivity index (χ3v) is 3.10. The van der Waals surface area contributed by atoms with E-state index in [0.29, 0.717) is 6.61 Å². The zero-order valence-electron chi connectivity index (χ0n) is 12.6. The quantitative estimate of drug-likeness (QED) is 0.773. The molecule has 0 aliphatic carbocycles. The number of hydrogen-bond acceptors (Lipinski definition) is 3. The molecular weight excluding hydrogens is 262 g/mol. The molecule has 0 atom stereocenters. The summed E-state index contributed by atoms with van der Waals surface area (Å²) < 4.78 is 10.9. The first kappa shape index (κ1) is 15.0. The summed E-state index contributed by atoms with van der Waals surface area (Å²) in [5.74, 6) is 1.47. The molecule has 0 fully saturated rings. The summed E-state index contributed by atoms with van der Waals surface area (Å²) in [4.78, 5) is 0. The van der Waals surface area contributed by atoms with Gasteiger partial charge in [-0.05, 0) is 42.3 Å². The molecule has 0 bridgehead atoms. The first-order chi connectivity index (χ1) is 10.2. The van der Waals surface area contributed by atoms with Crippen molar-refractivity contribution in [1.82, 2.24) is 0 Å². The van der Waals surface area contributed by atoms with E-state index in [-0.39, 0.29) is 0 Å². The predicted molar refractivity (Wildman–Crippen MR) is 87.2 cm³/mol. The second kappa shape index (κ2) is 7.39. The van der Waals surface area contributed by atoms with E-state index in [1.54, 1.807) is 13.2 Å². The molecule has 110 valence electrons. The molecule has 2 aromatic rings. The Bertz CT molecular complexity index is 608. The van der Waals surface area contributed by atoms with Crippen LogP contribution in [0.2, 0.25) is 0 Å². The van der Waals surface area contributed by atoms with Crippen LogP contribution in [0.3, 0.4) is 0 Å². The summed E-state index contributed by atoms with van der Waals surface area (Å²) in [5.41, 5.74) is 3.49. The molecule has 2 rings (SSSR count). The van der Waals surface area contributed by atoms with Crippen LogP contribution in [0.5, 0.6) is 11.5 Å². The second-order valence-electron chi connectivity index (χ2n) is 4.81. The molecule has 1 N–H and O–H groups in total. The highest BCUT2D eigenvalue weighted by Crippen LogP contribution is 2.28. The van der Waals surface area contributed by atoms with Gasteiger partial charge in [0.15, 0.2) is 11.5 Å². The van der Waals surface area contributed by atoms with Gasteiger partial charge >= 0.3 is 0 Å². The van der Waals surface area contributed by atoms with Crippen molar-refractivity contribution in [2.75, 3.05) is 19.0 Å². The highest BCUT2D eigenvalue weighted by Gasteiger charge is 2.05. The number of benzene rings is 2. The Hall–Kier alpha value is -2.42. The molecule has 0 radical (unpaired) electrons. The molecule has 3 heteroatoms. The van der Waals surface area contributed by atoms with Crippen molar-refractivity contribution in [3.8, 4) is 11.5 Å². The Kier molecular flexibility index (Phi) is 5.27. The Morgan fingerprint density at radius 3 is 2.71 bits per heavy atom. The van der Waals surface area contributed by atoms with Gasteiger partial charge in [-0.1, -0.05) is 30.9 Å². The lowest BCUT2D eigenvalue weighted by Crippen LogP contribution is -2.01. The Morgan fingerprint density at radius 2 is 2.00 bits per heavy atom. The van der Waals surface area contributed by atoms with Gasteiger partial charge in [0.1, 0.15) is 6.61 Å². The largest absolute Gasteiger partial charge is 0.493 e. The minimum Gasteiger partial charge on any atom is -0.493 e. The smallest absolute Gasteiger partial charge is 0.161 e. The normalized spacial score (nSPS) is 10.0. The van der Waals surface area contributed by atoms with E-state index in [1.165, 1.54) is 5.56 Å². The van der Waals surface area contributed by atoms with Crippen LogP contribution in [0, 0.1) is 6.92 Å². The summed E-state index contributed by atoms with van der Waals surface area (Å²) in [6, 6.07) is 14.3. The van der Waals surface area contributed by atoms with Crippen LogP contribution in [0.25, 0.3) is 0 Å². The second-order valence-corrected chi connectivity index (χ2v) is 4.81. The van der Waals surface area contributed by atoms with Gasteiger partial charge in [0, 0.05) is 12.2 Å². The predicted octanol–water partition coefficient (Wildman–Crippen LogP) is 4.18. The maximum Gasteiger partial charge on any atom is 0.161 e. The lowest BCUT2D eigenvalue weighted by Gasteiger charge is -2.12. The van der Waals surface area contributed by atoms with Gasteiger partial charge in [-0.15, -0.1) is 0 Å². The van der Waals surface area contributed by atoms with E-state index >= 15 is 0 Å².